The van der Waals surface area contributed by atoms with Gasteiger partial charge in [0.15, 0.2) is 0 Å². The molecule has 34 heavy (non-hydrogen) atoms. The lowest BCUT2D eigenvalue weighted by Crippen LogP contribution is -2.48. The molecule has 2 heterocycles. The van der Waals surface area contributed by atoms with E-state index in [4.69, 9.17) is 9.47 Å². The minimum absolute atomic E-state index is 0.0551. The zero-order valence-electron chi connectivity index (χ0n) is 20.3. The third-order valence-electron chi connectivity index (χ3n) is 6.31. The number of amides is 1. The first kappa shape index (κ1) is 26.8. The number of morpholine rings is 1. The van der Waals surface area contributed by atoms with Crippen LogP contribution in [0.2, 0.25) is 0 Å². The molecule has 1 N–H and O–H groups in total. The summed E-state index contributed by atoms with van der Waals surface area (Å²) in [5.74, 6) is 0.650. The average molecular weight is 486 g/mol. The minimum Gasteiger partial charge on any atom is -0.493 e. The summed E-state index contributed by atoms with van der Waals surface area (Å²) in [6.07, 6.45) is -2.83. The summed E-state index contributed by atoms with van der Waals surface area (Å²) in [5.41, 5.74) is -0.718. The van der Waals surface area contributed by atoms with Gasteiger partial charge in [0.25, 0.3) is 0 Å². The number of hydrogen-bond acceptors (Lipinski definition) is 5. The van der Waals surface area contributed by atoms with E-state index >= 15 is 0 Å². The highest BCUT2D eigenvalue weighted by Crippen LogP contribution is 2.32. The van der Waals surface area contributed by atoms with E-state index in [2.05, 4.69) is 29.0 Å². The third kappa shape index (κ3) is 8.74. The molecule has 3 rings (SSSR count). The second-order valence-electron chi connectivity index (χ2n) is 9.85. The first-order valence-electron chi connectivity index (χ1n) is 12.3. The monoisotopic (exact) mass is 485 g/mol. The van der Waals surface area contributed by atoms with Gasteiger partial charge in [0.05, 0.1) is 31.3 Å². The predicted octanol–water partition coefficient (Wildman–Crippen LogP) is 3.52. The lowest BCUT2D eigenvalue weighted by molar-refractivity contribution is -0.137. The minimum atomic E-state index is -4.40. The highest BCUT2D eigenvalue weighted by atomic mass is 19.4. The summed E-state index contributed by atoms with van der Waals surface area (Å²) in [5, 5.41) is 3.09. The summed E-state index contributed by atoms with van der Waals surface area (Å²) < 4.78 is 50.1. The maximum Gasteiger partial charge on any atom is 0.416 e. The second kappa shape index (κ2) is 12.7. The van der Waals surface area contributed by atoms with Gasteiger partial charge in [0.2, 0.25) is 5.91 Å². The molecule has 0 bridgehead atoms. The number of carbonyl (C=O) groups is 1. The molecular formula is C25H38F3N3O3. The zero-order chi connectivity index (χ0) is 24.6. The molecular weight excluding hydrogens is 447 g/mol. The van der Waals surface area contributed by atoms with E-state index in [-0.39, 0.29) is 30.1 Å². The maximum absolute atomic E-state index is 13.0. The molecule has 1 amide bonds. The van der Waals surface area contributed by atoms with Gasteiger partial charge in [-0.25, -0.2) is 0 Å². The van der Waals surface area contributed by atoms with Gasteiger partial charge in [-0.2, -0.15) is 13.2 Å². The normalized spacial score (nSPS) is 22.6. The Hall–Kier alpha value is -1.84. The van der Waals surface area contributed by atoms with Gasteiger partial charge in [-0.3, -0.25) is 9.69 Å². The van der Waals surface area contributed by atoms with Crippen LogP contribution in [0.25, 0.3) is 0 Å². The van der Waals surface area contributed by atoms with Crippen molar-refractivity contribution >= 4 is 5.91 Å². The molecule has 1 aromatic carbocycles. The molecule has 0 aliphatic carbocycles. The van der Waals surface area contributed by atoms with Gasteiger partial charge in [-0.1, -0.05) is 19.9 Å². The number of piperidine rings is 1. The van der Waals surface area contributed by atoms with E-state index in [1.807, 2.05) is 0 Å². The number of halogens is 3. The SMILES string of the molecule is CC(C)CN1C[C@@H](COc2cccc(C(F)(F)F)c2)C[C@@H](C(=O)NCCCN2CCOCC2)C1. The molecule has 0 aromatic heterocycles. The number of hydrogen-bond donors (Lipinski definition) is 1. The van der Waals surface area contributed by atoms with Crippen molar-refractivity contribution in [3.63, 3.8) is 0 Å². The number of alkyl halides is 3. The smallest absolute Gasteiger partial charge is 0.416 e. The van der Waals surface area contributed by atoms with E-state index < -0.39 is 11.7 Å². The quantitative estimate of drug-likeness (QED) is 0.514. The molecule has 2 atom stereocenters. The van der Waals surface area contributed by atoms with E-state index in [1.54, 1.807) is 6.07 Å². The molecule has 6 nitrogen and oxygen atoms in total. The lowest BCUT2D eigenvalue weighted by atomic mass is 9.88. The van der Waals surface area contributed by atoms with Crippen LogP contribution in [0.1, 0.15) is 32.3 Å². The van der Waals surface area contributed by atoms with Gasteiger partial charge in [-0.15, -0.1) is 0 Å². The average Bonchev–Trinajstić information content (AvgIpc) is 2.80. The highest BCUT2D eigenvalue weighted by molar-refractivity contribution is 5.79. The van der Waals surface area contributed by atoms with Gasteiger partial charge in [0.1, 0.15) is 5.75 Å². The molecule has 2 aliphatic rings. The van der Waals surface area contributed by atoms with Gasteiger partial charge >= 0.3 is 6.18 Å². The Morgan fingerprint density at radius 2 is 1.97 bits per heavy atom. The first-order valence-corrected chi connectivity index (χ1v) is 12.3. The molecule has 2 fully saturated rings. The molecule has 2 saturated heterocycles. The van der Waals surface area contributed by atoms with Gasteiger partial charge < -0.3 is 19.7 Å². The Bertz CT molecular complexity index is 769. The fraction of sp³-hybridized carbons (Fsp3) is 0.720. The number of ether oxygens (including phenoxy) is 2. The molecule has 0 spiro atoms. The van der Waals surface area contributed by atoms with Crippen LogP contribution in [-0.2, 0) is 15.7 Å². The van der Waals surface area contributed by atoms with E-state index in [9.17, 15) is 18.0 Å². The van der Waals surface area contributed by atoms with Crippen molar-refractivity contribution in [2.24, 2.45) is 17.8 Å². The van der Waals surface area contributed by atoms with Crippen LogP contribution < -0.4 is 10.1 Å². The Kier molecular flexibility index (Phi) is 10.0. The summed E-state index contributed by atoms with van der Waals surface area (Å²) in [4.78, 5) is 17.6. The topological polar surface area (TPSA) is 54.0 Å². The molecule has 0 radical (unpaired) electrons. The summed E-state index contributed by atoms with van der Waals surface area (Å²) in [6, 6.07) is 4.98. The number of likely N-dealkylation sites (tertiary alicyclic amines) is 1. The number of carbonyl (C=O) groups excluding carboxylic acids is 1. The van der Waals surface area contributed by atoms with Gasteiger partial charge in [0, 0.05) is 45.2 Å². The summed E-state index contributed by atoms with van der Waals surface area (Å²) >= 11 is 0. The molecule has 0 saturated carbocycles. The largest absolute Gasteiger partial charge is 0.493 e. The Morgan fingerprint density at radius 1 is 1.21 bits per heavy atom. The Morgan fingerprint density at radius 3 is 2.68 bits per heavy atom. The highest BCUT2D eigenvalue weighted by Gasteiger charge is 2.33. The number of rotatable bonds is 10. The van der Waals surface area contributed by atoms with Crippen molar-refractivity contribution in [3.05, 3.63) is 29.8 Å². The van der Waals surface area contributed by atoms with Crippen LogP contribution in [0.4, 0.5) is 13.2 Å². The van der Waals surface area contributed by atoms with E-state index in [0.29, 0.717) is 25.4 Å². The van der Waals surface area contributed by atoms with Crippen molar-refractivity contribution < 1.29 is 27.4 Å². The van der Waals surface area contributed by atoms with Crippen LogP contribution in [0.3, 0.4) is 0 Å². The van der Waals surface area contributed by atoms with E-state index in [1.165, 1.54) is 6.07 Å². The van der Waals surface area contributed by atoms with Crippen molar-refractivity contribution in [3.8, 4) is 5.75 Å². The molecule has 0 unspecified atom stereocenters. The molecule has 2 aliphatic heterocycles. The summed E-state index contributed by atoms with van der Waals surface area (Å²) in [7, 11) is 0. The Balaban J connectivity index is 1.50. The zero-order valence-corrected chi connectivity index (χ0v) is 20.3. The standard InChI is InChI=1S/C25H38F3N3O3/c1-19(2)15-31-16-20(18-34-23-6-3-5-22(14-23)25(26,27)28)13-21(17-31)24(32)29-7-4-8-30-9-11-33-12-10-30/h3,5-6,14,19-21H,4,7-13,15-18H2,1-2H3,(H,29,32)/t20-,21+/m0/s1. The first-order chi connectivity index (χ1) is 16.2. The third-order valence-corrected chi connectivity index (χ3v) is 6.31. The lowest BCUT2D eigenvalue weighted by Gasteiger charge is -2.38. The van der Waals surface area contributed by atoms with Crippen LogP contribution in [-0.4, -0.2) is 81.3 Å². The van der Waals surface area contributed by atoms with Crippen molar-refractivity contribution in [2.45, 2.75) is 32.9 Å². The second-order valence-corrected chi connectivity index (χ2v) is 9.85. The fourth-order valence-electron chi connectivity index (χ4n) is 4.74. The molecule has 9 heteroatoms. The fourth-order valence-corrected chi connectivity index (χ4v) is 4.74. The van der Waals surface area contributed by atoms with Crippen LogP contribution in [0.5, 0.6) is 5.75 Å². The molecule has 1 aromatic rings. The summed E-state index contributed by atoms with van der Waals surface area (Å²) in [6.45, 7) is 11.9. The van der Waals surface area contributed by atoms with Crippen molar-refractivity contribution in [2.75, 3.05) is 65.6 Å². The molecule has 192 valence electrons. The van der Waals surface area contributed by atoms with Crippen LogP contribution in [0, 0.1) is 17.8 Å². The van der Waals surface area contributed by atoms with Crippen LogP contribution >= 0.6 is 0 Å². The maximum atomic E-state index is 13.0. The van der Waals surface area contributed by atoms with Gasteiger partial charge in [-0.05, 0) is 43.5 Å². The van der Waals surface area contributed by atoms with Crippen LogP contribution in [0.15, 0.2) is 24.3 Å². The number of benzene rings is 1. The number of nitrogens with one attached hydrogen (secondary N) is 1. The van der Waals surface area contributed by atoms with Crippen molar-refractivity contribution in [1.82, 2.24) is 15.1 Å². The Labute approximate surface area is 200 Å². The van der Waals surface area contributed by atoms with E-state index in [0.717, 1.165) is 64.5 Å². The van der Waals surface area contributed by atoms with Crippen molar-refractivity contribution in [1.29, 1.82) is 0 Å². The number of nitrogens with zero attached hydrogens (tertiary/aromatic N) is 2. The predicted molar refractivity (Wildman–Crippen MR) is 125 cm³/mol.